The molecule has 0 radical (unpaired) electrons. The Balaban J connectivity index is 1.75. The average Bonchev–Trinajstić information content (AvgIpc) is 3.00. The minimum Gasteiger partial charge on any atom is -0.479 e. The molecule has 0 aromatic heterocycles. The Morgan fingerprint density at radius 3 is 2.42 bits per heavy atom. The van der Waals surface area contributed by atoms with Gasteiger partial charge in [-0.2, -0.15) is 0 Å². The summed E-state index contributed by atoms with van der Waals surface area (Å²) >= 11 is 0. The Labute approximate surface area is 222 Å². The number of nitrogens with one attached hydrogen (secondary N) is 1. The number of hydrogen-bond donors (Lipinski definition) is 5. The van der Waals surface area contributed by atoms with Crippen molar-refractivity contribution >= 4 is 15.8 Å². The van der Waals surface area contributed by atoms with E-state index in [0.29, 0.717) is 18.4 Å². The van der Waals surface area contributed by atoms with E-state index in [2.05, 4.69) is 12.2 Å². The number of ether oxygens (including phenoxy) is 2. The van der Waals surface area contributed by atoms with Crippen LogP contribution in [0.2, 0.25) is 0 Å². The standard InChI is InChI=1S/C27H35NO9S/c1-3-5-13-27(4-2)15-38(34,35)19-14-17(11-12-18(19)20(28-27)16-9-7-6-8-10-16)36-26-23(31)21(29)22(30)24(37-26)25(32)33/h6-12,14,20-24,26,28-31H,3-5,13,15H2,1-2H3,(H,32,33)/t20?,21-,22-,23+,24-,26+,27?/m0/s1. The summed E-state index contributed by atoms with van der Waals surface area (Å²) in [6.07, 6.45) is -5.89. The van der Waals surface area contributed by atoms with Gasteiger partial charge in [0.1, 0.15) is 24.1 Å². The molecule has 2 aromatic carbocycles. The molecule has 2 aliphatic rings. The lowest BCUT2D eigenvalue weighted by molar-refractivity contribution is -0.271. The molecule has 2 aliphatic heterocycles. The lowest BCUT2D eigenvalue weighted by Gasteiger charge is -2.38. The number of benzene rings is 2. The minimum atomic E-state index is -3.82. The molecule has 2 aromatic rings. The predicted molar refractivity (Wildman–Crippen MR) is 137 cm³/mol. The van der Waals surface area contributed by atoms with Gasteiger partial charge in [0.25, 0.3) is 0 Å². The Bertz CT molecular complexity index is 1240. The Morgan fingerprint density at radius 1 is 1.08 bits per heavy atom. The van der Waals surface area contributed by atoms with Crippen molar-refractivity contribution in [3.05, 3.63) is 59.7 Å². The number of unbranched alkanes of at least 4 members (excludes halogenated alkanes) is 1. The molecule has 0 amide bonds. The Hall–Kier alpha value is -2.54. The van der Waals surface area contributed by atoms with Crippen molar-refractivity contribution in [3.63, 3.8) is 0 Å². The normalized spacial score (nSPS) is 32.7. The third kappa shape index (κ3) is 5.58. The zero-order chi connectivity index (χ0) is 27.7. The van der Waals surface area contributed by atoms with E-state index in [1.165, 1.54) is 12.1 Å². The molecule has 0 spiro atoms. The van der Waals surface area contributed by atoms with Crippen LogP contribution in [0.25, 0.3) is 0 Å². The van der Waals surface area contributed by atoms with E-state index in [1.807, 2.05) is 37.3 Å². The first-order valence-corrected chi connectivity index (χ1v) is 14.5. The maximum atomic E-state index is 13.8. The van der Waals surface area contributed by atoms with Gasteiger partial charge in [0.2, 0.25) is 6.29 Å². The number of carboxylic acids is 1. The summed E-state index contributed by atoms with van der Waals surface area (Å²) in [5.41, 5.74) is 0.785. The molecule has 0 saturated carbocycles. The van der Waals surface area contributed by atoms with Crippen LogP contribution in [-0.2, 0) is 19.4 Å². The average molecular weight is 550 g/mol. The predicted octanol–water partition coefficient (Wildman–Crippen LogP) is 1.76. The molecule has 2 unspecified atom stereocenters. The van der Waals surface area contributed by atoms with Crippen molar-refractivity contribution in [1.82, 2.24) is 5.32 Å². The highest BCUT2D eigenvalue weighted by Crippen LogP contribution is 2.40. The van der Waals surface area contributed by atoms with E-state index in [1.54, 1.807) is 6.07 Å². The fourth-order valence-corrected chi connectivity index (χ4v) is 7.35. The molecule has 4 rings (SSSR count). The number of hydrogen-bond acceptors (Lipinski definition) is 9. The molecule has 0 aliphatic carbocycles. The molecule has 38 heavy (non-hydrogen) atoms. The lowest BCUT2D eigenvalue weighted by atomic mass is 9.88. The van der Waals surface area contributed by atoms with Crippen LogP contribution in [0.3, 0.4) is 0 Å². The molecule has 5 N–H and O–H groups in total. The molecule has 2 heterocycles. The number of aliphatic hydroxyl groups is 3. The van der Waals surface area contributed by atoms with Crippen LogP contribution in [-0.4, -0.2) is 76.8 Å². The number of fused-ring (bicyclic) bond motifs is 1. The van der Waals surface area contributed by atoms with E-state index in [4.69, 9.17) is 9.47 Å². The summed E-state index contributed by atoms with van der Waals surface area (Å²) in [7, 11) is -3.82. The summed E-state index contributed by atoms with van der Waals surface area (Å²) in [6.45, 7) is 4.04. The molecule has 11 heteroatoms. The number of carboxylic acid groups (broad SMARTS) is 1. The quantitative estimate of drug-likeness (QED) is 0.328. The monoisotopic (exact) mass is 549 g/mol. The maximum Gasteiger partial charge on any atom is 0.335 e. The van der Waals surface area contributed by atoms with Crippen molar-refractivity contribution in [2.45, 2.75) is 86.7 Å². The highest BCUT2D eigenvalue weighted by Gasteiger charge is 2.48. The third-order valence-corrected chi connectivity index (χ3v) is 9.39. The lowest BCUT2D eigenvalue weighted by Crippen LogP contribution is -2.61. The molecular weight excluding hydrogens is 514 g/mol. The molecule has 1 fully saturated rings. The van der Waals surface area contributed by atoms with E-state index >= 15 is 0 Å². The Morgan fingerprint density at radius 2 is 1.79 bits per heavy atom. The van der Waals surface area contributed by atoms with Crippen LogP contribution in [0.4, 0.5) is 0 Å². The van der Waals surface area contributed by atoms with Crippen LogP contribution in [0.1, 0.15) is 56.7 Å². The third-order valence-electron chi connectivity index (χ3n) is 7.43. The minimum absolute atomic E-state index is 0.00784. The highest BCUT2D eigenvalue weighted by atomic mass is 32.2. The number of sulfone groups is 1. The van der Waals surface area contributed by atoms with Crippen molar-refractivity contribution < 1.29 is 43.1 Å². The zero-order valence-corrected chi connectivity index (χ0v) is 22.2. The number of carbonyl (C=O) groups is 1. The van der Waals surface area contributed by atoms with Gasteiger partial charge in [-0.3, -0.25) is 5.32 Å². The second-order valence-corrected chi connectivity index (χ2v) is 12.0. The fraction of sp³-hybridized carbons (Fsp3) is 0.519. The molecule has 7 atom stereocenters. The van der Waals surface area contributed by atoms with Gasteiger partial charge in [-0.25, -0.2) is 13.2 Å². The fourth-order valence-electron chi connectivity index (χ4n) is 5.20. The van der Waals surface area contributed by atoms with Gasteiger partial charge in [-0.1, -0.05) is 63.1 Å². The van der Waals surface area contributed by atoms with E-state index in [-0.39, 0.29) is 16.4 Å². The summed E-state index contributed by atoms with van der Waals surface area (Å²) < 4.78 is 38.5. The smallest absolute Gasteiger partial charge is 0.335 e. The number of aliphatic carboxylic acids is 1. The van der Waals surface area contributed by atoms with Crippen molar-refractivity contribution in [3.8, 4) is 5.75 Å². The maximum absolute atomic E-state index is 13.8. The first-order chi connectivity index (χ1) is 18.0. The number of aliphatic hydroxyl groups excluding tert-OH is 3. The van der Waals surface area contributed by atoms with Gasteiger partial charge in [-0.15, -0.1) is 0 Å². The van der Waals surface area contributed by atoms with Crippen LogP contribution in [0, 0.1) is 0 Å². The zero-order valence-electron chi connectivity index (χ0n) is 21.4. The Kier molecular flexibility index (Phi) is 8.46. The second-order valence-electron chi connectivity index (χ2n) is 10.0. The van der Waals surface area contributed by atoms with E-state index in [0.717, 1.165) is 18.4 Å². The first-order valence-electron chi connectivity index (χ1n) is 12.8. The first kappa shape index (κ1) is 28.5. The summed E-state index contributed by atoms with van der Waals surface area (Å²) in [4.78, 5) is 11.5. The van der Waals surface area contributed by atoms with Gasteiger partial charge >= 0.3 is 5.97 Å². The van der Waals surface area contributed by atoms with E-state index in [9.17, 15) is 33.6 Å². The largest absolute Gasteiger partial charge is 0.479 e. The summed E-state index contributed by atoms with van der Waals surface area (Å²) in [5, 5.41) is 43.4. The van der Waals surface area contributed by atoms with Gasteiger partial charge in [0, 0.05) is 5.54 Å². The summed E-state index contributed by atoms with van der Waals surface area (Å²) in [5.74, 6) is -1.65. The van der Waals surface area contributed by atoms with Crippen LogP contribution < -0.4 is 10.1 Å². The topological polar surface area (TPSA) is 163 Å². The van der Waals surface area contributed by atoms with Gasteiger partial charge in [0.15, 0.2) is 15.9 Å². The van der Waals surface area contributed by atoms with Crippen LogP contribution >= 0.6 is 0 Å². The van der Waals surface area contributed by atoms with Gasteiger partial charge < -0.3 is 29.9 Å². The highest BCUT2D eigenvalue weighted by molar-refractivity contribution is 7.91. The van der Waals surface area contributed by atoms with Crippen molar-refractivity contribution in [1.29, 1.82) is 0 Å². The molecule has 208 valence electrons. The van der Waals surface area contributed by atoms with Crippen molar-refractivity contribution in [2.24, 2.45) is 0 Å². The van der Waals surface area contributed by atoms with Crippen LogP contribution in [0.15, 0.2) is 53.4 Å². The van der Waals surface area contributed by atoms with Crippen molar-refractivity contribution in [2.75, 3.05) is 5.75 Å². The molecule has 1 saturated heterocycles. The molecule has 10 nitrogen and oxygen atoms in total. The van der Waals surface area contributed by atoms with Crippen LogP contribution in [0.5, 0.6) is 5.75 Å². The van der Waals surface area contributed by atoms with E-state index < -0.39 is 58.1 Å². The SMILES string of the molecule is CCCCC1(CC)CS(=O)(=O)c2cc(O[C@@H]3O[C@H](C(=O)O)[C@@H](O)[C@H](O)[C@H]3O)ccc2C(c2ccccc2)N1. The molecule has 0 bridgehead atoms. The molecular formula is C27H35NO9S. The van der Waals surface area contributed by atoms with Gasteiger partial charge in [0.05, 0.1) is 16.7 Å². The second kappa shape index (κ2) is 11.3. The summed E-state index contributed by atoms with van der Waals surface area (Å²) in [6, 6.07) is 13.6. The van der Waals surface area contributed by atoms with Gasteiger partial charge in [-0.05, 0) is 36.1 Å². The number of rotatable bonds is 8.